The number of carboxylic acids is 1. The first kappa shape index (κ1) is 12.7. The summed E-state index contributed by atoms with van der Waals surface area (Å²) in [7, 11) is 0. The van der Waals surface area contributed by atoms with Crippen molar-refractivity contribution < 1.29 is 14.7 Å². The Bertz CT molecular complexity index is 229. The Morgan fingerprint density at radius 2 is 2.13 bits per heavy atom. The van der Waals surface area contributed by atoms with Crippen LogP contribution in [0, 0.1) is 0 Å². The van der Waals surface area contributed by atoms with Gasteiger partial charge in [0.25, 0.3) is 0 Å². The zero-order chi connectivity index (χ0) is 11.1. The van der Waals surface area contributed by atoms with Gasteiger partial charge in [-0.3, -0.25) is 9.59 Å². The van der Waals surface area contributed by atoms with Crippen molar-refractivity contribution in [3.05, 3.63) is 0 Å². The molecule has 1 atom stereocenters. The van der Waals surface area contributed by atoms with Gasteiger partial charge in [-0.05, 0) is 0 Å². The largest absolute Gasteiger partial charge is 0.481 e. The molecule has 0 spiro atoms. The van der Waals surface area contributed by atoms with Gasteiger partial charge in [0.15, 0.2) is 0 Å². The number of rotatable bonds is 5. The Kier molecular flexibility index (Phi) is 5.93. The molecule has 1 aliphatic heterocycles. The van der Waals surface area contributed by atoms with E-state index >= 15 is 0 Å². The van der Waals surface area contributed by atoms with E-state index in [2.05, 4.69) is 5.32 Å². The number of amides is 1. The van der Waals surface area contributed by atoms with Gasteiger partial charge in [0, 0.05) is 35.5 Å². The smallest absolute Gasteiger partial charge is 0.303 e. The molecule has 0 saturated carbocycles. The molecule has 1 saturated heterocycles. The highest BCUT2D eigenvalue weighted by molar-refractivity contribution is 8.06. The molecule has 0 aromatic rings. The molecule has 1 fully saturated rings. The summed E-state index contributed by atoms with van der Waals surface area (Å²) in [5, 5.41) is 11.6. The number of carbonyl (C=O) groups is 2. The molecule has 1 heterocycles. The summed E-state index contributed by atoms with van der Waals surface area (Å²) < 4.78 is 0. The van der Waals surface area contributed by atoms with Crippen LogP contribution in [0.25, 0.3) is 0 Å². The lowest BCUT2D eigenvalue weighted by molar-refractivity contribution is -0.138. The highest BCUT2D eigenvalue weighted by Crippen LogP contribution is 2.23. The molecule has 4 nitrogen and oxygen atoms in total. The number of carbonyl (C=O) groups excluding carboxylic acids is 1. The second kappa shape index (κ2) is 7.00. The van der Waals surface area contributed by atoms with Crippen LogP contribution in [-0.4, -0.2) is 46.0 Å². The lowest BCUT2D eigenvalue weighted by Crippen LogP contribution is -2.33. The van der Waals surface area contributed by atoms with Gasteiger partial charge in [-0.1, -0.05) is 0 Å². The number of nitrogens with one attached hydrogen (secondary N) is 1. The Morgan fingerprint density at radius 3 is 2.73 bits per heavy atom. The maximum absolute atomic E-state index is 11.2. The molecule has 86 valence electrons. The van der Waals surface area contributed by atoms with E-state index in [1.807, 2.05) is 23.5 Å². The van der Waals surface area contributed by atoms with E-state index in [1.165, 1.54) is 5.75 Å². The molecule has 0 aromatic heterocycles. The molecule has 1 amide bonds. The highest BCUT2D eigenvalue weighted by atomic mass is 32.2. The van der Waals surface area contributed by atoms with Gasteiger partial charge in [-0.25, -0.2) is 0 Å². The Morgan fingerprint density at radius 1 is 1.33 bits per heavy atom. The predicted molar refractivity (Wildman–Crippen MR) is 63.5 cm³/mol. The maximum atomic E-state index is 11.2. The second-order valence-electron chi connectivity index (χ2n) is 3.27. The summed E-state index contributed by atoms with van der Waals surface area (Å²) in [5.74, 6) is 2.32. The first-order chi connectivity index (χ1) is 7.18. The van der Waals surface area contributed by atoms with Crippen LogP contribution in [0.3, 0.4) is 0 Å². The monoisotopic (exact) mass is 249 g/mol. The number of hydrogen-bond acceptors (Lipinski definition) is 4. The third kappa shape index (κ3) is 5.94. The fourth-order valence-electron chi connectivity index (χ4n) is 1.19. The number of aliphatic carboxylic acids is 1. The third-order valence-corrected chi connectivity index (χ3v) is 4.82. The van der Waals surface area contributed by atoms with Crippen molar-refractivity contribution in [1.82, 2.24) is 5.32 Å². The predicted octanol–water partition coefficient (Wildman–Crippen LogP) is 0.816. The van der Waals surface area contributed by atoms with Crippen molar-refractivity contribution >= 4 is 35.4 Å². The van der Waals surface area contributed by atoms with Crippen molar-refractivity contribution in [2.45, 2.75) is 18.1 Å². The van der Waals surface area contributed by atoms with Gasteiger partial charge in [-0.2, -0.15) is 23.5 Å². The lowest BCUT2D eigenvalue weighted by atomic mass is 10.3. The van der Waals surface area contributed by atoms with Gasteiger partial charge < -0.3 is 10.4 Å². The normalized spacial score (nSPS) is 20.9. The maximum Gasteiger partial charge on any atom is 0.303 e. The van der Waals surface area contributed by atoms with Crippen LogP contribution in [0.1, 0.15) is 12.8 Å². The van der Waals surface area contributed by atoms with Crippen LogP contribution in [0.5, 0.6) is 0 Å². The zero-order valence-corrected chi connectivity index (χ0v) is 10.0. The topological polar surface area (TPSA) is 66.4 Å². The highest BCUT2D eigenvalue weighted by Gasteiger charge is 2.15. The van der Waals surface area contributed by atoms with Gasteiger partial charge in [0.1, 0.15) is 0 Å². The number of hydrogen-bond donors (Lipinski definition) is 2. The zero-order valence-electron chi connectivity index (χ0n) is 8.40. The van der Waals surface area contributed by atoms with Gasteiger partial charge in [-0.15, -0.1) is 0 Å². The van der Waals surface area contributed by atoms with Crippen molar-refractivity contribution in [2.24, 2.45) is 0 Å². The Balaban J connectivity index is 2.07. The van der Waals surface area contributed by atoms with Crippen LogP contribution in [-0.2, 0) is 9.59 Å². The van der Waals surface area contributed by atoms with Crippen LogP contribution >= 0.6 is 23.5 Å². The molecule has 0 aromatic carbocycles. The standard InChI is InChI=1S/C9H15NO3S2/c11-8(1-2-9(12)13)10-5-7-6-14-3-4-15-7/h7H,1-6H2,(H,10,11)(H,12,13). The van der Waals surface area contributed by atoms with E-state index in [0.29, 0.717) is 11.8 Å². The minimum absolute atomic E-state index is 0.0832. The summed E-state index contributed by atoms with van der Waals surface area (Å²) in [6, 6.07) is 0. The molecule has 1 aliphatic rings. The third-order valence-electron chi connectivity index (χ3n) is 1.98. The summed E-state index contributed by atoms with van der Waals surface area (Å²) in [4.78, 5) is 21.4. The molecular formula is C9H15NO3S2. The van der Waals surface area contributed by atoms with Crippen LogP contribution in [0.4, 0.5) is 0 Å². The summed E-state index contributed by atoms with van der Waals surface area (Å²) in [6.45, 7) is 0.663. The minimum atomic E-state index is -0.923. The van der Waals surface area contributed by atoms with Crippen molar-refractivity contribution in [1.29, 1.82) is 0 Å². The molecule has 1 unspecified atom stereocenters. The lowest BCUT2D eigenvalue weighted by Gasteiger charge is -2.20. The van der Waals surface area contributed by atoms with E-state index < -0.39 is 5.97 Å². The molecular weight excluding hydrogens is 234 g/mol. The molecule has 0 aliphatic carbocycles. The average Bonchev–Trinajstić information content (AvgIpc) is 2.25. The molecule has 15 heavy (non-hydrogen) atoms. The van der Waals surface area contributed by atoms with Gasteiger partial charge in [0.2, 0.25) is 5.91 Å². The van der Waals surface area contributed by atoms with E-state index in [9.17, 15) is 9.59 Å². The first-order valence-corrected chi connectivity index (χ1v) is 7.06. The SMILES string of the molecule is O=C(O)CCC(=O)NCC1CSCCS1. The minimum Gasteiger partial charge on any atom is -0.481 e. The van der Waals surface area contributed by atoms with Gasteiger partial charge >= 0.3 is 5.97 Å². The van der Waals surface area contributed by atoms with E-state index in [0.717, 1.165) is 11.5 Å². The average molecular weight is 249 g/mol. The van der Waals surface area contributed by atoms with E-state index in [1.54, 1.807) is 0 Å². The Hall–Kier alpha value is -0.360. The van der Waals surface area contributed by atoms with E-state index in [-0.39, 0.29) is 18.7 Å². The molecule has 6 heteroatoms. The van der Waals surface area contributed by atoms with E-state index in [4.69, 9.17) is 5.11 Å². The van der Waals surface area contributed by atoms with Crippen molar-refractivity contribution in [3.63, 3.8) is 0 Å². The van der Waals surface area contributed by atoms with Gasteiger partial charge in [0.05, 0.1) is 6.42 Å². The summed E-state index contributed by atoms with van der Waals surface area (Å²) >= 11 is 3.78. The summed E-state index contributed by atoms with van der Waals surface area (Å²) in [6.07, 6.45) is -0.00173. The molecule has 0 radical (unpaired) electrons. The van der Waals surface area contributed by atoms with Crippen LogP contribution in [0.2, 0.25) is 0 Å². The summed E-state index contributed by atoms with van der Waals surface area (Å²) in [5.41, 5.74) is 0. The van der Waals surface area contributed by atoms with Crippen LogP contribution in [0.15, 0.2) is 0 Å². The first-order valence-electron chi connectivity index (χ1n) is 4.86. The number of thioether (sulfide) groups is 2. The quantitative estimate of drug-likeness (QED) is 0.755. The number of carboxylic acid groups (broad SMARTS) is 1. The fraction of sp³-hybridized carbons (Fsp3) is 0.778. The molecule has 1 rings (SSSR count). The molecule has 2 N–H and O–H groups in total. The fourth-order valence-corrected chi connectivity index (χ4v) is 3.80. The molecule has 0 bridgehead atoms. The van der Waals surface area contributed by atoms with Crippen molar-refractivity contribution in [2.75, 3.05) is 23.8 Å². The Labute approximate surface area is 97.6 Å². The van der Waals surface area contributed by atoms with Crippen molar-refractivity contribution in [3.8, 4) is 0 Å². The second-order valence-corrected chi connectivity index (χ2v) is 5.82. The van der Waals surface area contributed by atoms with Crippen LogP contribution < -0.4 is 5.32 Å².